The van der Waals surface area contributed by atoms with Crippen LogP contribution >= 0.6 is 11.8 Å². The summed E-state index contributed by atoms with van der Waals surface area (Å²) in [6, 6.07) is 19.4. The predicted molar refractivity (Wildman–Crippen MR) is 114 cm³/mol. The Kier molecular flexibility index (Phi) is 6.66. The van der Waals surface area contributed by atoms with E-state index in [4.69, 9.17) is 0 Å². The van der Waals surface area contributed by atoms with Crippen LogP contribution < -0.4 is 10.5 Å². The van der Waals surface area contributed by atoms with Crippen molar-refractivity contribution in [3.05, 3.63) is 87.8 Å². The van der Waals surface area contributed by atoms with E-state index in [9.17, 15) is 9.59 Å². The van der Waals surface area contributed by atoms with Crippen molar-refractivity contribution < 1.29 is 4.79 Å². The molecule has 0 atom stereocenters. The van der Waals surface area contributed by atoms with Crippen molar-refractivity contribution in [2.24, 2.45) is 0 Å². The summed E-state index contributed by atoms with van der Waals surface area (Å²) in [5.74, 6) is 0.190. The van der Waals surface area contributed by atoms with Gasteiger partial charge in [-0.05, 0) is 31.5 Å². The van der Waals surface area contributed by atoms with Gasteiger partial charge in [0.1, 0.15) is 0 Å². The number of nitrogens with zero attached hydrogens (tertiary/aromatic N) is 2. The molecule has 0 aliphatic heterocycles. The molecule has 2 aromatic carbocycles. The summed E-state index contributed by atoms with van der Waals surface area (Å²) in [6.07, 6.45) is 0.538. The van der Waals surface area contributed by atoms with Gasteiger partial charge in [0, 0.05) is 29.9 Å². The third-order valence-electron chi connectivity index (χ3n) is 4.44. The highest BCUT2D eigenvalue weighted by molar-refractivity contribution is 7.99. The van der Waals surface area contributed by atoms with Gasteiger partial charge in [0.2, 0.25) is 5.91 Å². The molecule has 144 valence electrons. The van der Waals surface area contributed by atoms with Gasteiger partial charge in [0.05, 0.1) is 5.75 Å². The number of hydrogen-bond acceptors (Lipinski definition) is 4. The molecule has 1 N–H and O–H groups in total. The Hall–Kier alpha value is -2.86. The van der Waals surface area contributed by atoms with Crippen molar-refractivity contribution in [1.82, 2.24) is 9.97 Å². The quantitative estimate of drug-likeness (QED) is 0.490. The largest absolute Gasteiger partial charge is 0.312 e. The number of carbonyl (C=O) groups excluding carboxylic acids is 1. The van der Waals surface area contributed by atoms with Crippen molar-refractivity contribution in [2.75, 3.05) is 17.2 Å². The molecule has 3 aromatic rings. The molecule has 0 saturated carbocycles. The third-order valence-corrected chi connectivity index (χ3v) is 5.30. The van der Waals surface area contributed by atoms with Crippen LogP contribution in [0, 0.1) is 6.92 Å². The number of H-pyrrole nitrogens is 1. The highest BCUT2D eigenvalue weighted by Crippen LogP contribution is 2.18. The predicted octanol–water partition coefficient (Wildman–Crippen LogP) is 3.81. The summed E-state index contributed by atoms with van der Waals surface area (Å²) in [4.78, 5) is 34.2. The van der Waals surface area contributed by atoms with Gasteiger partial charge in [-0.2, -0.15) is 0 Å². The minimum absolute atomic E-state index is 0.0210. The molecule has 0 radical (unpaired) electrons. The number of hydrogen-bond donors (Lipinski definition) is 1. The van der Waals surface area contributed by atoms with E-state index in [0.29, 0.717) is 29.4 Å². The van der Waals surface area contributed by atoms with Gasteiger partial charge in [-0.25, -0.2) is 4.98 Å². The lowest BCUT2D eigenvalue weighted by Gasteiger charge is -2.20. The number of rotatable bonds is 7. The van der Waals surface area contributed by atoms with E-state index in [1.54, 1.807) is 4.90 Å². The fraction of sp³-hybridized carbons (Fsp3) is 0.227. The van der Waals surface area contributed by atoms with E-state index in [1.807, 2.05) is 74.5 Å². The topological polar surface area (TPSA) is 66.1 Å². The standard InChI is InChI=1S/C22H23N3O2S/c1-3-25(18-12-8-5-9-13-18)20(26)15-28-22-23-16(2)19(21(27)24-22)14-17-10-6-4-7-11-17/h4-13H,3,14-15H2,1-2H3,(H,23,24,27). The molecule has 0 aliphatic carbocycles. The lowest BCUT2D eigenvalue weighted by atomic mass is 10.1. The SMILES string of the molecule is CCN(C(=O)CSc1nc(C)c(Cc2ccccc2)c(=O)[nH]1)c1ccccc1. The molecule has 5 nitrogen and oxygen atoms in total. The van der Waals surface area contributed by atoms with Gasteiger partial charge in [-0.1, -0.05) is 60.3 Å². The highest BCUT2D eigenvalue weighted by atomic mass is 32.2. The number of aromatic amines is 1. The highest BCUT2D eigenvalue weighted by Gasteiger charge is 2.15. The van der Waals surface area contributed by atoms with Crippen molar-refractivity contribution in [2.45, 2.75) is 25.4 Å². The Bertz CT molecular complexity index is 988. The molecule has 1 heterocycles. The Morgan fingerprint density at radius 1 is 1.07 bits per heavy atom. The molecule has 0 spiro atoms. The number of aromatic nitrogens is 2. The lowest BCUT2D eigenvalue weighted by Crippen LogP contribution is -2.32. The first kappa shape index (κ1) is 19.9. The van der Waals surface area contributed by atoms with Crippen LogP contribution in [0.5, 0.6) is 0 Å². The van der Waals surface area contributed by atoms with Crippen LogP contribution in [0.15, 0.2) is 70.6 Å². The Morgan fingerprint density at radius 2 is 1.71 bits per heavy atom. The summed E-state index contributed by atoms with van der Waals surface area (Å²) in [7, 11) is 0. The first-order valence-electron chi connectivity index (χ1n) is 9.20. The average molecular weight is 394 g/mol. The number of thioether (sulfide) groups is 1. The van der Waals surface area contributed by atoms with Crippen LogP contribution in [0.1, 0.15) is 23.7 Å². The average Bonchev–Trinajstić information content (AvgIpc) is 2.71. The van der Waals surface area contributed by atoms with Crippen LogP contribution in [0.4, 0.5) is 5.69 Å². The maximum atomic E-state index is 12.6. The molecule has 3 rings (SSSR count). The molecule has 0 aliphatic rings. The van der Waals surface area contributed by atoms with Crippen LogP contribution in [0.3, 0.4) is 0 Å². The number of amides is 1. The van der Waals surface area contributed by atoms with E-state index in [2.05, 4.69) is 9.97 Å². The maximum Gasteiger partial charge on any atom is 0.255 e. The number of para-hydroxylation sites is 1. The molecular formula is C22H23N3O2S. The summed E-state index contributed by atoms with van der Waals surface area (Å²) < 4.78 is 0. The zero-order valence-corrected chi connectivity index (χ0v) is 16.8. The molecule has 0 fully saturated rings. The van der Waals surface area contributed by atoms with Crippen molar-refractivity contribution in [3.63, 3.8) is 0 Å². The number of nitrogens with one attached hydrogen (secondary N) is 1. The summed E-state index contributed by atoms with van der Waals surface area (Å²) in [5, 5.41) is 0.469. The van der Waals surface area contributed by atoms with Gasteiger partial charge in [-0.3, -0.25) is 9.59 Å². The zero-order chi connectivity index (χ0) is 19.9. The second kappa shape index (κ2) is 9.37. The van der Waals surface area contributed by atoms with Gasteiger partial charge in [0.15, 0.2) is 5.16 Å². The van der Waals surface area contributed by atoms with E-state index >= 15 is 0 Å². The van der Waals surface area contributed by atoms with Gasteiger partial charge in [-0.15, -0.1) is 0 Å². The first-order chi connectivity index (χ1) is 13.6. The second-order valence-corrected chi connectivity index (χ2v) is 7.32. The summed E-state index contributed by atoms with van der Waals surface area (Å²) >= 11 is 1.25. The monoisotopic (exact) mass is 393 g/mol. The fourth-order valence-electron chi connectivity index (χ4n) is 2.98. The Balaban J connectivity index is 1.69. The van der Waals surface area contributed by atoms with E-state index in [-0.39, 0.29) is 17.2 Å². The number of benzene rings is 2. The maximum absolute atomic E-state index is 12.6. The van der Waals surface area contributed by atoms with Crippen molar-refractivity contribution >= 4 is 23.4 Å². The molecule has 0 saturated heterocycles. The molecule has 1 aromatic heterocycles. The molecular weight excluding hydrogens is 370 g/mol. The first-order valence-corrected chi connectivity index (χ1v) is 10.2. The van der Waals surface area contributed by atoms with E-state index in [1.165, 1.54) is 11.8 Å². The zero-order valence-electron chi connectivity index (χ0n) is 16.0. The molecule has 6 heteroatoms. The van der Waals surface area contributed by atoms with Gasteiger partial charge < -0.3 is 9.88 Å². The second-order valence-electron chi connectivity index (χ2n) is 6.36. The van der Waals surface area contributed by atoms with Crippen molar-refractivity contribution in [3.8, 4) is 0 Å². The van der Waals surface area contributed by atoms with Gasteiger partial charge in [0.25, 0.3) is 5.56 Å². The van der Waals surface area contributed by atoms with E-state index < -0.39 is 0 Å². The van der Waals surface area contributed by atoms with Crippen LogP contribution in [-0.2, 0) is 11.2 Å². The van der Waals surface area contributed by atoms with Gasteiger partial charge >= 0.3 is 0 Å². The summed E-state index contributed by atoms with van der Waals surface area (Å²) in [5.41, 5.74) is 3.13. The smallest absolute Gasteiger partial charge is 0.255 e. The van der Waals surface area contributed by atoms with Crippen LogP contribution in [0.2, 0.25) is 0 Å². The molecule has 28 heavy (non-hydrogen) atoms. The lowest BCUT2D eigenvalue weighted by molar-refractivity contribution is -0.116. The molecule has 0 bridgehead atoms. The Morgan fingerprint density at radius 3 is 2.32 bits per heavy atom. The Labute approximate surface area is 168 Å². The summed E-state index contributed by atoms with van der Waals surface area (Å²) in [6.45, 7) is 4.36. The van der Waals surface area contributed by atoms with Crippen molar-refractivity contribution in [1.29, 1.82) is 0 Å². The molecule has 1 amide bonds. The number of carbonyl (C=O) groups is 1. The minimum Gasteiger partial charge on any atom is -0.312 e. The number of aryl methyl sites for hydroxylation is 1. The third kappa shape index (κ3) is 4.89. The fourth-order valence-corrected chi connectivity index (χ4v) is 3.76. The molecule has 0 unspecified atom stereocenters. The van der Waals surface area contributed by atoms with Crippen LogP contribution in [-0.4, -0.2) is 28.2 Å². The normalized spacial score (nSPS) is 10.6. The number of anilines is 1. The van der Waals surface area contributed by atoms with E-state index in [0.717, 1.165) is 11.3 Å². The minimum atomic E-state index is -0.151. The van der Waals surface area contributed by atoms with Crippen LogP contribution in [0.25, 0.3) is 0 Å².